The van der Waals surface area contributed by atoms with Gasteiger partial charge in [0.15, 0.2) is 5.79 Å². The fourth-order valence-electron chi connectivity index (χ4n) is 5.20. The van der Waals surface area contributed by atoms with E-state index in [1.165, 1.54) is 11.3 Å². The topological polar surface area (TPSA) is 73.4 Å². The predicted molar refractivity (Wildman–Crippen MR) is 142 cm³/mol. The van der Waals surface area contributed by atoms with Crippen molar-refractivity contribution in [1.29, 1.82) is 0 Å². The van der Waals surface area contributed by atoms with Crippen LogP contribution < -0.4 is 0 Å². The van der Waals surface area contributed by atoms with Gasteiger partial charge in [0.1, 0.15) is 11.1 Å². The predicted octanol–water partition coefficient (Wildman–Crippen LogP) is 6.18. The Morgan fingerprint density at radius 2 is 1.89 bits per heavy atom. The molecule has 36 heavy (non-hydrogen) atoms. The van der Waals surface area contributed by atoms with Gasteiger partial charge < -0.3 is 19.2 Å². The Bertz CT molecular complexity index is 1210. The van der Waals surface area contributed by atoms with Crippen LogP contribution in [0.4, 0.5) is 0 Å². The lowest BCUT2D eigenvalue weighted by molar-refractivity contribution is -0.139. The molecule has 3 atom stereocenters. The number of ether oxygens (including phenoxy) is 3. The van der Waals surface area contributed by atoms with Crippen LogP contribution in [0.5, 0.6) is 0 Å². The molecule has 4 heterocycles. The molecule has 6 nitrogen and oxygen atoms in total. The van der Waals surface area contributed by atoms with Crippen molar-refractivity contribution in [2.24, 2.45) is 5.92 Å². The molecule has 8 heteroatoms. The van der Waals surface area contributed by atoms with Gasteiger partial charge in [-0.05, 0) is 81.7 Å². The van der Waals surface area contributed by atoms with Gasteiger partial charge in [0.05, 0.1) is 28.8 Å². The van der Waals surface area contributed by atoms with Gasteiger partial charge in [0, 0.05) is 40.4 Å². The molecule has 1 aromatic carbocycles. The molecule has 1 N–H and O–H groups in total. The standard InChI is InChI=1S/C28H34N2O4S2/c1-28(2)33-16-26(34-28)25-17-35-27(30-25)24-10-9-23(29-24)22(15-18-11-13-32-14-12-18)19-3-5-20(6-4-19)36(31)21-7-8-21/h3-6,9-10,17-18,21-22,26,29H,7-8,11-16H2,1-2H3. The smallest absolute Gasteiger partial charge is 0.163 e. The van der Waals surface area contributed by atoms with E-state index in [0.717, 1.165) is 66.6 Å². The molecule has 1 saturated carbocycles. The van der Waals surface area contributed by atoms with E-state index in [1.807, 2.05) is 13.8 Å². The van der Waals surface area contributed by atoms with Gasteiger partial charge in [0.25, 0.3) is 0 Å². The van der Waals surface area contributed by atoms with Crippen molar-refractivity contribution in [1.82, 2.24) is 9.97 Å². The Kier molecular flexibility index (Phi) is 6.90. The number of hydrogen-bond donors (Lipinski definition) is 1. The van der Waals surface area contributed by atoms with Gasteiger partial charge in [-0.25, -0.2) is 4.98 Å². The van der Waals surface area contributed by atoms with Crippen LogP contribution in [0.3, 0.4) is 0 Å². The summed E-state index contributed by atoms with van der Waals surface area (Å²) >= 11 is 1.63. The maximum atomic E-state index is 12.6. The van der Waals surface area contributed by atoms with Gasteiger partial charge in [-0.1, -0.05) is 12.1 Å². The van der Waals surface area contributed by atoms with Crippen molar-refractivity contribution in [3.63, 3.8) is 0 Å². The molecule has 2 aliphatic heterocycles. The van der Waals surface area contributed by atoms with Crippen molar-refractivity contribution in [2.75, 3.05) is 19.8 Å². The van der Waals surface area contributed by atoms with Crippen LogP contribution in [-0.4, -0.2) is 45.0 Å². The van der Waals surface area contributed by atoms with E-state index in [0.29, 0.717) is 17.8 Å². The number of nitrogens with one attached hydrogen (secondary N) is 1. The van der Waals surface area contributed by atoms with Gasteiger partial charge in [0.2, 0.25) is 0 Å². The quantitative estimate of drug-likeness (QED) is 0.379. The first-order chi connectivity index (χ1) is 17.4. The summed E-state index contributed by atoms with van der Waals surface area (Å²) in [5.74, 6) is 0.314. The fourth-order valence-corrected chi connectivity index (χ4v) is 7.39. The van der Waals surface area contributed by atoms with Crippen molar-refractivity contribution in [3.8, 4) is 10.7 Å². The molecular weight excluding hydrogens is 492 g/mol. The summed E-state index contributed by atoms with van der Waals surface area (Å²) < 4.78 is 30.0. The third-order valence-corrected chi connectivity index (χ3v) is 10.1. The summed E-state index contributed by atoms with van der Waals surface area (Å²) in [5.41, 5.74) is 4.42. The maximum absolute atomic E-state index is 12.6. The molecule has 3 aromatic rings. The summed E-state index contributed by atoms with van der Waals surface area (Å²) in [4.78, 5) is 9.52. The first kappa shape index (κ1) is 24.5. The van der Waals surface area contributed by atoms with E-state index in [9.17, 15) is 4.21 Å². The molecule has 2 saturated heterocycles. The summed E-state index contributed by atoms with van der Waals surface area (Å²) in [5, 5.41) is 3.39. The number of aromatic nitrogens is 2. The summed E-state index contributed by atoms with van der Waals surface area (Å²) in [6.07, 6.45) is 5.32. The van der Waals surface area contributed by atoms with Crippen LogP contribution in [0, 0.1) is 5.92 Å². The van der Waals surface area contributed by atoms with Crippen LogP contribution in [0.15, 0.2) is 46.7 Å². The molecule has 1 aliphatic carbocycles. The zero-order valence-corrected chi connectivity index (χ0v) is 22.5. The van der Waals surface area contributed by atoms with E-state index in [1.54, 1.807) is 11.3 Å². The molecule has 2 aromatic heterocycles. The highest BCUT2D eigenvalue weighted by atomic mass is 32.2. The molecule has 3 unspecified atom stereocenters. The average molecular weight is 527 g/mol. The lowest BCUT2D eigenvalue weighted by Gasteiger charge is -2.27. The van der Waals surface area contributed by atoms with Crippen LogP contribution in [-0.2, 0) is 25.0 Å². The molecule has 0 radical (unpaired) electrons. The van der Waals surface area contributed by atoms with Crippen molar-refractivity contribution in [2.45, 2.75) is 73.9 Å². The second-order valence-electron chi connectivity index (χ2n) is 10.6. The molecule has 0 amide bonds. The van der Waals surface area contributed by atoms with Gasteiger partial charge in [-0.2, -0.15) is 0 Å². The van der Waals surface area contributed by atoms with Crippen LogP contribution in [0.25, 0.3) is 10.7 Å². The van der Waals surface area contributed by atoms with Crippen molar-refractivity contribution in [3.05, 3.63) is 58.7 Å². The van der Waals surface area contributed by atoms with Crippen LogP contribution >= 0.6 is 11.3 Å². The molecule has 3 aliphatic rings. The minimum atomic E-state index is -0.871. The molecular formula is C28H34N2O4S2. The number of nitrogens with zero attached hydrogens (tertiary/aromatic N) is 1. The number of aromatic amines is 1. The summed E-state index contributed by atoms with van der Waals surface area (Å²) in [6, 6.07) is 12.9. The Morgan fingerprint density at radius 1 is 1.11 bits per heavy atom. The largest absolute Gasteiger partial charge is 0.381 e. The first-order valence-corrected chi connectivity index (χ1v) is 15.1. The minimum Gasteiger partial charge on any atom is -0.381 e. The first-order valence-electron chi connectivity index (χ1n) is 13.0. The number of rotatable bonds is 8. The molecule has 192 valence electrons. The Hall–Kier alpha value is -1.84. The van der Waals surface area contributed by atoms with E-state index in [4.69, 9.17) is 19.2 Å². The van der Waals surface area contributed by atoms with E-state index < -0.39 is 16.6 Å². The van der Waals surface area contributed by atoms with E-state index >= 15 is 0 Å². The Balaban J connectivity index is 1.24. The molecule has 6 rings (SSSR count). The van der Waals surface area contributed by atoms with Crippen molar-refractivity contribution < 1.29 is 18.4 Å². The zero-order chi connectivity index (χ0) is 24.7. The number of H-pyrrole nitrogens is 1. The molecule has 3 fully saturated rings. The Labute approximate surface area is 219 Å². The third-order valence-electron chi connectivity index (χ3n) is 7.43. The van der Waals surface area contributed by atoms with E-state index in [2.05, 4.69) is 46.8 Å². The zero-order valence-electron chi connectivity index (χ0n) is 20.9. The maximum Gasteiger partial charge on any atom is 0.163 e. The fraction of sp³-hybridized carbons (Fsp3) is 0.536. The normalized spacial score (nSPS) is 24.1. The lowest BCUT2D eigenvalue weighted by atomic mass is 9.83. The van der Waals surface area contributed by atoms with Crippen LogP contribution in [0.2, 0.25) is 0 Å². The third kappa shape index (κ3) is 5.38. The second-order valence-corrected chi connectivity index (χ2v) is 13.2. The van der Waals surface area contributed by atoms with Crippen molar-refractivity contribution >= 4 is 22.1 Å². The second kappa shape index (κ2) is 10.1. The average Bonchev–Trinajstić information content (AvgIpc) is 3.26. The monoisotopic (exact) mass is 526 g/mol. The highest BCUT2D eigenvalue weighted by Crippen LogP contribution is 2.38. The minimum absolute atomic E-state index is 0.125. The van der Waals surface area contributed by atoms with Gasteiger partial charge >= 0.3 is 0 Å². The van der Waals surface area contributed by atoms with Gasteiger partial charge in [-0.3, -0.25) is 4.21 Å². The number of benzene rings is 1. The lowest BCUT2D eigenvalue weighted by Crippen LogP contribution is -2.19. The highest BCUT2D eigenvalue weighted by Gasteiger charge is 2.35. The van der Waals surface area contributed by atoms with Crippen LogP contribution in [0.1, 0.15) is 74.9 Å². The summed E-state index contributed by atoms with van der Waals surface area (Å²) in [7, 11) is -0.871. The van der Waals surface area contributed by atoms with E-state index in [-0.39, 0.29) is 12.0 Å². The number of thiazole rings is 1. The summed E-state index contributed by atoms with van der Waals surface area (Å²) in [6.45, 7) is 6.09. The van der Waals surface area contributed by atoms with Gasteiger partial charge in [-0.15, -0.1) is 11.3 Å². The molecule has 0 bridgehead atoms. The molecule has 0 spiro atoms. The number of hydrogen-bond acceptors (Lipinski definition) is 6. The Morgan fingerprint density at radius 3 is 2.58 bits per heavy atom. The SMILES string of the molecule is CC1(C)OCC(c2csc(-c3ccc(C(CC4CCOCC4)c4ccc(S(=O)C5CC5)cc4)[nH]3)n2)O1. The highest BCUT2D eigenvalue weighted by molar-refractivity contribution is 7.86.